The normalized spacial score (nSPS) is 10.3. The van der Waals surface area contributed by atoms with Crippen molar-refractivity contribution >= 4 is 40.5 Å². The largest absolute Gasteiger partial charge is 0.481 e. The summed E-state index contributed by atoms with van der Waals surface area (Å²) in [5, 5.41) is 11.8. The lowest BCUT2D eigenvalue weighted by molar-refractivity contribution is -0.385. The van der Waals surface area contributed by atoms with Gasteiger partial charge in [-0.2, -0.15) is 0 Å². The van der Waals surface area contributed by atoms with E-state index in [1.807, 2.05) is 0 Å². The fourth-order valence-corrected chi connectivity index (χ4v) is 2.03. The van der Waals surface area contributed by atoms with E-state index in [1.165, 1.54) is 12.1 Å². The van der Waals surface area contributed by atoms with Gasteiger partial charge in [-0.15, -0.1) is 0 Å². The van der Waals surface area contributed by atoms with E-state index < -0.39 is 4.92 Å². The predicted molar refractivity (Wildman–Crippen MR) is 78.9 cm³/mol. The zero-order chi connectivity index (χ0) is 14.7. The van der Waals surface area contributed by atoms with Gasteiger partial charge in [0, 0.05) is 11.1 Å². The van der Waals surface area contributed by atoms with Crippen molar-refractivity contribution in [2.45, 2.75) is 6.61 Å². The summed E-state index contributed by atoms with van der Waals surface area (Å²) in [7, 11) is 0. The molecule has 0 atom stereocenters. The van der Waals surface area contributed by atoms with Crippen molar-refractivity contribution in [3.8, 4) is 5.75 Å². The highest BCUT2D eigenvalue weighted by Crippen LogP contribution is 2.39. The van der Waals surface area contributed by atoms with Crippen LogP contribution >= 0.6 is 34.8 Å². The first-order chi connectivity index (χ1) is 9.49. The molecule has 0 spiro atoms. The van der Waals surface area contributed by atoms with E-state index in [2.05, 4.69) is 0 Å². The molecule has 0 aliphatic rings. The highest BCUT2D eigenvalue weighted by atomic mass is 35.5. The summed E-state index contributed by atoms with van der Waals surface area (Å²) in [5.74, 6) is -0.0425. The third kappa shape index (κ3) is 3.33. The SMILES string of the molecule is O=[N+]([O-])c1ccc(Cl)c(Cl)c1OCc1ccc(Cl)cc1. The molecule has 0 amide bonds. The van der Waals surface area contributed by atoms with Crippen molar-refractivity contribution in [2.75, 3.05) is 0 Å². The summed E-state index contributed by atoms with van der Waals surface area (Å²) in [4.78, 5) is 10.4. The van der Waals surface area contributed by atoms with E-state index in [4.69, 9.17) is 39.5 Å². The van der Waals surface area contributed by atoms with Gasteiger partial charge in [0.2, 0.25) is 5.75 Å². The molecule has 20 heavy (non-hydrogen) atoms. The van der Waals surface area contributed by atoms with Crippen LogP contribution in [0.25, 0.3) is 0 Å². The Kier molecular flexibility index (Phi) is 4.70. The van der Waals surface area contributed by atoms with Crippen molar-refractivity contribution in [1.82, 2.24) is 0 Å². The highest BCUT2D eigenvalue weighted by Gasteiger charge is 2.21. The maximum Gasteiger partial charge on any atom is 0.312 e. The monoisotopic (exact) mass is 331 g/mol. The molecular weight excluding hydrogens is 325 g/mol. The molecule has 0 N–H and O–H groups in total. The van der Waals surface area contributed by atoms with Crippen LogP contribution in [0.15, 0.2) is 36.4 Å². The Morgan fingerprint density at radius 3 is 2.30 bits per heavy atom. The summed E-state index contributed by atoms with van der Waals surface area (Å²) < 4.78 is 5.43. The average Bonchev–Trinajstić information content (AvgIpc) is 2.42. The number of hydrogen-bond acceptors (Lipinski definition) is 3. The third-order valence-electron chi connectivity index (χ3n) is 2.52. The zero-order valence-corrected chi connectivity index (χ0v) is 12.2. The van der Waals surface area contributed by atoms with Gasteiger partial charge < -0.3 is 4.74 Å². The smallest absolute Gasteiger partial charge is 0.312 e. The number of nitro groups is 1. The molecule has 0 bridgehead atoms. The fraction of sp³-hybridized carbons (Fsp3) is 0.0769. The van der Waals surface area contributed by atoms with E-state index >= 15 is 0 Å². The molecule has 2 aromatic rings. The topological polar surface area (TPSA) is 52.4 Å². The van der Waals surface area contributed by atoms with Crippen molar-refractivity contribution in [3.63, 3.8) is 0 Å². The van der Waals surface area contributed by atoms with Gasteiger partial charge in [0.25, 0.3) is 0 Å². The molecule has 0 aliphatic heterocycles. The standard InChI is InChI=1S/C13H8Cl3NO3/c14-9-3-1-8(2-4-9)7-20-13-11(17(18)19)6-5-10(15)12(13)16/h1-6H,7H2. The van der Waals surface area contributed by atoms with Gasteiger partial charge in [-0.3, -0.25) is 10.1 Å². The predicted octanol–water partition coefficient (Wildman–Crippen LogP) is 5.13. The summed E-state index contributed by atoms with van der Waals surface area (Å²) in [6.07, 6.45) is 0. The second kappa shape index (κ2) is 6.31. The van der Waals surface area contributed by atoms with Gasteiger partial charge in [-0.1, -0.05) is 46.9 Å². The van der Waals surface area contributed by atoms with E-state index in [-0.39, 0.29) is 28.1 Å². The summed E-state index contributed by atoms with van der Waals surface area (Å²) in [5.41, 5.74) is 0.577. The van der Waals surface area contributed by atoms with Crippen LogP contribution in [0.1, 0.15) is 5.56 Å². The molecule has 0 unspecified atom stereocenters. The summed E-state index contributed by atoms with van der Waals surface area (Å²) in [6, 6.07) is 9.53. The van der Waals surface area contributed by atoms with E-state index in [9.17, 15) is 10.1 Å². The van der Waals surface area contributed by atoms with Crippen molar-refractivity contribution in [2.24, 2.45) is 0 Å². The van der Waals surface area contributed by atoms with E-state index in [0.717, 1.165) is 5.56 Å². The quantitative estimate of drug-likeness (QED) is 0.576. The number of rotatable bonds is 4. The molecule has 0 radical (unpaired) electrons. The Morgan fingerprint density at radius 2 is 1.70 bits per heavy atom. The van der Waals surface area contributed by atoms with E-state index in [1.54, 1.807) is 24.3 Å². The van der Waals surface area contributed by atoms with Crippen LogP contribution in [-0.2, 0) is 6.61 Å². The average molecular weight is 333 g/mol. The van der Waals surface area contributed by atoms with Gasteiger partial charge in [0.15, 0.2) is 0 Å². The van der Waals surface area contributed by atoms with Crippen LogP contribution in [-0.4, -0.2) is 4.92 Å². The van der Waals surface area contributed by atoms with Crippen molar-refractivity contribution < 1.29 is 9.66 Å². The molecule has 0 saturated carbocycles. The molecule has 0 heterocycles. The van der Waals surface area contributed by atoms with Crippen LogP contribution in [0.3, 0.4) is 0 Å². The molecule has 2 rings (SSSR count). The Labute approximate surface area is 130 Å². The van der Waals surface area contributed by atoms with Crippen LogP contribution < -0.4 is 4.74 Å². The van der Waals surface area contributed by atoms with Gasteiger partial charge in [0.1, 0.15) is 11.6 Å². The second-order valence-corrected chi connectivity index (χ2v) is 5.10. The number of halogens is 3. The summed E-state index contributed by atoms with van der Waals surface area (Å²) >= 11 is 17.6. The molecule has 7 heteroatoms. The summed E-state index contributed by atoms with van der Waals surface area (Å²) in [6.45, 7) is 0.123. The number of hydrogen-bond donors (Lipinski definition) is 0. The molecule has 0 fully saturated rings. The Bertz CT molecular complexity index is 644. The second-order valence-electron chi connectivity index (χ2n) is 3.88. The molecule has 0 aromatic heterocycles. The van der Waals surface area contributed by atoms with Crippen LogP contribution in [0.2, 0.25) is 15.1 Å². The van der Waals surface area contributed by atoms with Gasteiger partial charge >= 0.3 is 5.69 Å². The van der Waals surface area contributed by atoms with Crippen molar-refractivity contribution in [1.29, 1.82) is 0 Å². The van der Waals surface area contributed by atoms with Crippen molar-refractivity contribution in [3.05, 3.63) is 67.1 Å². The first-order valence-electron chi connectivity index (χ1n) is 5.48. The number of benzene rings is 2. The molecule has 0 aliphatic carbocycles. The Hall–Kier alpha value is -1.49. The van der Waals surface area contributed by atoms with Gasteiger partial charge in [0.05, 0.1) is 9.95 Å². The lowest BCUT2D eigenvalue weighted by atomic mass is 10.2. The molecule has 104 valence electrons. The van der Waals surface area contributed by atoms with Crippen LogP contribution in [0.5, 0.6) is 5.75 Å². The first-order valence-corrected chi connectivity index (χ1v) is 6.62. The first kappa shape index (κ1) is 14.9. The Morgan fingerprint density at radius 1 is 1.05 bits per heavy atom. The molecule has 2 aromatic carbocycles. The molecular formula is C13H8Cl3NO3. The Balaban J connectivity index is 2.26. The minimum absolute atomic E-state index is 0.0230. The number of ether oxygens (including phenoxy) is 1. The highest BCUT2D eigenvalue weighted by molar-refractivity contribution is 6.43. The van der Waals surface area contributed by atoms with Gasteiger partial charge in [-0.25, -0.2) is 0 Å². The minimum atomic E-state index is -0.570. The lowest BCUT2D eigenvalue weighted by Gasteiger charge is -2.09. The maximum absolute atomic E-state index is 10.9. The fourth-order valence-electron chi connectivity index (χ4n) is 1.54. The zero-order valence-electron chi connectivity index (χ0n) is 9.98. The molecule has 0 saturated heterocycles. The molecule has 4 nitrogen and oxygen atoms in total. The third-order valence-corrected chi connectivity index (χ3v) is 3.56. The van der Waals surface area contributed by atoms with Gasteiger partial charge in [-0.05, 0) is 23.8 Å². The minimum Gasteiger partial charge on any atom is -0.481 e. The van der Waals surface area contributed by atoms with Crippen LogP contribution in [0, 0.1) is 10.1 Å². The number of nitro benzene ring substituents is 1. The lowest BCUT2D eigenvalue weighted by Crippen LogP contribution is -2.00. The van der Waals surface area contributed by atoms with E-state index in [0.29, 0.717) is 5.02 Å². The number of nitrogens with zero attached hydrogens (tertiary/aromatic N) is 1. The van der Waals surface area contributed by atoms with Crippen LogP contribution in [0.4, 0.5) is 5.69 Å². The maximum atomic E-state index is 10.9.